The molecule has 1 aliphatic heterocycles. The predicted molar refractivity (Wildman–Crippen MR) is 87.5 cm³/mol. The Morgan fingerprint density at radius 2 is 2.09 bits per heavy atom. The normalized spacial score (nSPS) is 26.6. The van der Waals surface area contributed by atoms with E-state index < -0.39 is 0 Å². The summed E-state index contributed by atoms with van der Waals surface area (Å²) < 4.78 is 5.81. The van der Waals surface area contributed by atoms with Crippen LogP contribution in [0.1, 0.15) is 36.5 Å². The Labute approximate surface area is 136 Å². The summed E-state index contributed by atoms with van der Waals surface area (Å²) in [6.07, 6.45) is 3.28. The van der Waals surface area contributed by atoms with Gasteiger partial charge in [0.25, 0.3) is 5.91 Å². The van der Waals surface area contributed by atoms with Crippen LogP contribution in [0.4, 0.5) is 10.5 Å². The van der Waals surface area contributed by atoms with Crippen LogP contribution in [0.3, 0.4) is 0 Å². The molecule has 2 aliphatic rings. The van der Waals surface area contributed by atoms with Crippen LogP contribution in [0, 0.1) is 5.92 Å². The molecule has 0 bridgehead atoms. The second kappa shape index (κ2) is 6.20. The summed E-state index contributed by atoms with van der Waals surface area (Å²) in [5, 5.41) is 8.44. The van der Waals surface area contributed by atoms with Gasteiger partial charge in [0.1, 0.15) is 0 Å². The third-order valence-electron chi connectivity index (χ3n) is 4.61. The number of benzene rings is 1. The van der Waals surface area contributed by atoms with Crippen molar-refractivity contribution in [1.82, 2.24) is 10.6 Å². The van der Waals surface area contributed by atoms with E-state index in [4.69, 9.17) is 4.74 Å². The number of nitrogens with one attached hydrogen (secondary N) is 3. The number of hydrogen-bond acceptors (Lipinski definition) is 3. The fourth-order valence-electron chi connectivity index (χ4n) is 3.22. The summed E-state index contributed by atoms with van der Waals surface area (Å²) in [5.74, 6) is 0.387. The quantitative estimate of drug-likeness (QED) is 0.796. The zero-order valence-corrected chi connectivity index (χ0v) is 13.5. The van der Waals surface area contributed by atoms with Crippen molar-refractivity contribution in [1.29, 1.82) is 0 Å². The van der Waals surface area contributed by atoms with E-state index in [1.54, 1.807) is 31.3 Å². The van der Waals surface area contributed by atoms with Gasteiger partial charge in [0.2, 0.25) is 0 Å². The second-order valence-electron chi connectivity index (χ2n) is 6.54. The van der Waals surface area contributed by atoms with Gasteiger partial charge in [-0.25, -0.2) is 4.79 Å². The Kier molecular flexibility index (Phi) is 4.26. The second-order valence-corrected chi connectivity index (χ2v) is 6.54. The first kappa shape index (κ1) is 15.8. The fraction of sp³-hybridized carbons (Fsp3) is 0.529. The molecule has 2 unspecified atom stereocenters. The van der Waals surface area contributed by atoms with Gasteiger partial charge in [-0.2, -0.15) is 0 Å². The first-order valence-electron chi connectivity index (χ1n) is 8.05. The maximum absolute atomic E-state index is 12.3. The van der Waals surface area contributed by atoms with Crippen LogP contribution in [-0.2, 0) is 4.74 Å². The number of hydrogen-bond donors (Lipinski definition) is 3. The Bertz CT molecular complexity index is 615. The van der Waals surface area contributed by atoms with E-state index in [2.05, 4.69) is 16.0 Å². The summed E-state index contributed by atoms with van der Waals surface area (Å²) in [6, 6.07) is 6.60. The predicted octanol–water partition coefficient (Wildman–Crippen LogP) is 2.13. The minimum Gasteiger partial charge on any atom is -0.375 e. The molecule has 3 amide bonds. The van der Waals surface area contributed by atoms with Crippen LogP contribution in [0.15, 0.2) is 24.3 Å². The lowest BCUT2D eigenvalue weighted by Crippen LogP contribution is -2.53. The van der Waals surface area contributed by atoms with Crippen molar-refractivity contribution in [2.75, 3.05) is 19.0 Å². The summed E-state index contributed by atoms with van der Waals surface area (Å²) >= 11 is 0. The molecule has 23 heavy (non-hydrogen) atoms. The van der Waals surface area contributed by atoms with Gasteiger partial charge in [0, 0.05) is 24.9 Å². The Hall–Kier alpha value is -2.08. The number of rotatable bonds is 4. The minimum atomic E-state index is -0.330. The molecule has 0 radical (unpaired) electrons. The first-order valence-corrected chi connectivity index (χ1v) is 8.05. The molecule has 3 N–H and O–H groups in total. The van der Waals surface area contributed by atoms with E-state index in [1.165, 1.54) is 12.8 Å². The van der Waals surface area contributed by atoms with Gasteiger partial charge in [-0.15, -0.1) is 0 Å². The number of anilines is 1. The van der Waals surface area contributed by atoms with Crippen LogP contribution in [0.2, 0.25) is 0 Å². The van der Waals surface area contributed by atoms with Gasteiger partial charge in [-0.3, -0.25) is 4.79 Å². The molecule has 2 atom stereocenters. The lowest BCUT2D eigenvalue weighted by Gasteiger charge is -2.31. The summed E-state index contributed by atoms with van der Waals surface area (Å²) in [7, 11) is 1.58. The van der Waals surface area contributed by atoms with E-state index in [9.17, 15) is 9.59 Å². The van der Waals surface area contributed by atoms with Crippen LogP contribution >= 0.6 is 0 Å². The molecule has 6 heteroatoms. The van der Waals surface area contributed by atoms with Crippen molar-refractivity contribution in [2.45, 2.75) is 37.8 Å². The summed E-state index contributed by atoms with van der Waals surface area (Å²) in [6.45, 7) is 2.73. The molecule has 0 aromatic heterocycles. The number of amides is 3. The van der Waals surface area contributed by atoms with Gasteiger partial charge in [-0.1, -0.05) is 6.07 Å². The molecular formula is C17H23N3O3. The molecule has 0 spiro atoms. The molecule has 6 nitrogen and oxygen atoms in total. The number of carbonyl (C=O) groups excluding carboxylic acids is 2. The Morgan fingerprint density at radius 3 is 2.78 bits per heavy atom. The van der Waals surface area contributed by atoms with Gasteiger partial charge < -0.3 is 20.7 Å². The van der Waals surface area contributed by atoms with E-state index in [0.717, 1.165) is 6.42 Å². The van der Waals surface area contributed by atoms with E-state index in [1.807, 2.05) is 6.92 Å². The Balaban J connectivity index is 1.64. The topological polar surface area (TPSA) is 79.5 Å². The van der Waals surface area contributed by atoms with Crippen LogP contribution in [0.25, 0.3) is 0 Å². The van der Waals surface area contributed by atoms with Crippen LogP contribution in [-0.4, -0.2) is 37.2 Å². The van der Waals surface area contributed by atoms with Crippen molar-refractivity contribution in [3.63, 3.8) is 0 Å². The monoisotopic (exact) mass is 317 g/mol. The summed E-state index contributed by atoms with van der Waals surface area (Å²) in [5.41, 5.74) is 0.773. The van der Waals surface area contributed by atoms with Gasteiger partial charge in [0.05, 0.1) is 11.6 Å². The molecule has 1 aromatic carbocycles. The molecule has 2 fully saturated rings. The molecule has 1 saturated heterocycles. The highest BCUT2D eigenvalue weighted by atomic mass is 16.5. The smallest absolute Gasteiger partial charge is 0.319 e. The van der Waals surface area contributed by atoms with Gasteiger partial charge in [-0.05, 0) is 50.3 Å². The zero-order valence-electron chi connectivity index (χ0n) is 13.5. The average molecular weight is 317 g/mol. The minimum absolute atomic E-state index is 0.102. The molecule has 124 valence electrons. The van der Waals surface area contributed by atoms with E-state index in [-0.39, 0.29) is 23.6 Å². The maximum Gasteiger partial charge on any atom is 0.319 e. The van der Waals surface area contributed by atoms with Crippen LogP contribution in [0.5, 0.6) is 0 Å². The molecule has 1 aliphatic carbocycles. The average Bonchev–Trinajstić information content (AvgIpc) is 3.29. The molecule has 1 aromatic rings. The third kappa shape index (κ3) is 3.47. The van der Waals surface area contributed by atoms with Gasteiger partial charge in [0.15, 0.2) is 0 Å². The van der Waals surface area contributed by atoms with E-state index >= 15 is 0 Å². The molecule has 3 rings (SSSR count). The lowest BCUT2D eigenvalue weighted by atomic mass is 9.90. The van der Waals surface area contributed by atoms with Crippen molar-refractivity contribution in [2.24, 2.45) is 5.92 Å². The van der Waals surface area contributed by atoms with Crippen molar-refractivity contribution < 1.29 is 14.3 Å². The molecule has 1 saturated carbocycles. The highest BCUT2D eigenvalue weighted by molar-refractivity contribution is 5.96. The van der Waals surface area contributed by atoms with Crippen LogP contribution < -0.4 is 16.0 Å². The standard InChI is InChI=1S/C17H23N3O3/c1-17(8-9-23-14(17)11-6-7-11)20-16(22)19-13-5-3-4-12(10-13)15(21)18-2/h3-5,10-11,14H,6-9H2,1-2H3,(H,18,21)(H2,19,20,22). The van der Waals surface area contributed by atoms with E-state index in [0.29, 0.717) is 23.8 Å². The molecule has 1 heterocycles. The fourth-order valence-corrected chi connectivity index (χ4v) is 3.22. The third-order valence-corrected chi connectivity index (χ3v) is 4.61. The van der Waals surface area contributed by atoms with Crippen molar-refractivity contribution in [3.05, 3.63) is 29.8 Å². The zero-order chi connectivity index (χ0) is 16.4. The SMILES string of the molecule is CNC(=O)c1cccc(NC(=O)NC2(C)CCOC2C2CC2)c1. The maximum atomic E-state index is 12.3. The highest BCUT2D eigenvalue weighted by Gasteiger charge is 2.49. The largest absolute Gasteiger partial charge is 0.375 e. The van der Waals surface area contributed by atoms with Crippen molar-refractivity contribution >= 4 is 17.6 Å². The van der Waals surface area contributed by atoms with Crippen molar-refractivity contribution in [3.8, 4) is 0 Å². The van der Waals surface area contributed by atoms with Gasteiger partial charge >= 0.3 is 6.03 Å². The molecular weight excluding hydrogens is 294 g/mol. The first-order chi connectivity index (χ1) is 11.0. The number of carbonyl (C=O) groups is 2. The number of urea groups is 1. The Morgan fingerprint density at radius 1 is 1.30 bits per heavy atom. The lowest BCUT2D eigenvalue weighted by molar-refractivity contribution is 0.0597. The summed E-state index contributed by atoms with van der Waals surface area (Å²) in [4.78, 5) is 24.0. The number of ether oxygens (including phenoxy) is 1. The highest BCUT2D eigenvalue weighted by Crippen LogP contribution is 2.43.